The van der Waals surface area contributed by atoms with Crippen LogP contribution < -0.4 is 10.1 Å². The largest absolute Gasteiger partial charge is 0.497 e. The molecule has 2 saturated carbocycles. The van der Waals surface area contributed by atoms with Crippen LogP contribution in [0.15, 0.2) is 18.2 Å². The van der Waals surface area contributed by atoms with Gasteiger partial charge in [0, 0.05) is 11.5 Å². The summed E-state index contributed by atoms with van der Waals surface area (Å²) in [6.07, 6.45) is 0.945. The fourth-order valence-corrected chi connectivity index (χ4v) is 5.41. The maximum Gasteiger partial charge on any atom is 0.240 e. The van der Waals surface area contributed by atoms with Gasteiger partial charge in [-0.25, -0.2) is 4.98 Å². The minimum absolute atomic E-state index is 0.394. The van der Waals surface area contributed by atoms with E-state index in [2.05, 4.69) is 10.3 Å². The summed E-state index contributed by atoms with van der Waals surface area (Å²) >= 11 is 1.33. The van der Waals surface area contributed by atoms with Gasteiger partial charge in [0.2, 0.25) is 17.5 Å². The molecule has 136 valence electrons. The molecule has 1 aromatic carbocycles. The third-order valence-corrected chi connectivity index (χ3v) is 7.70. The van der Waals surface area contributed by atoms with Gasteiger partial charge in [-0.05, 0) is 30.4 Å². The first-order valence-corrected chi connectivity index (χ1v) is 9.34. The van der Waals surface area contributed by atoms with E-state index in [1.54, 1.807) is 20.1 Å². The molecule has 0 saturated heterocycles. The highest BCUT2D eigenvalue weighted by molar-refractivity contribution is 7.22. The lowest BCUT2D eigenvalue weighted by molar-refractivity contribution is -0.147. The standard InChI is InChI=1S/C19H20N2O4S/c1-17(2)18(3)7-8-19(17,14(23)13(18)22)15(24)21-16-20-11-9-10(25-4)5-6-12(11)26-16/h5-6,9H,7-8H2,1-4H3,(H,20,21,24)/t18-,19+/m1/s1. The Balaban J connectivity index is 1.70. The van der Waals surface area contributed by atoms with Crippen LogP contribution in [-0.4, -0.2) is 29.6 Å². The highest BCUT2D eigenvalue weighted by Crippen LogP contribution is 2.69. The summed E-state index contributed by atoms with van der Waals surface area (Å²) in [4.78, 5) is 42.9. The number of benzene rings is 1. The minimum atomic E-state index is -1.31. The molecule has 2 aliphatic rings. The molecular weight excluding hydrogens is 352 g/mol. The van der Waals surface area contributed by atoms with Crippen molar-refractivity contribution in [2.45, 2.75) is 33.6 Å². The number of amides is 1. The molecule has 4 rings (SSSR count). The van der Waals surface area contributed by atoms with Crippen LogP contribution in [-0.2, 0) is 14.4 Å². The van der Waals surface area contributed by atoms with E-state index in [9.17, 15) is 14.4 Å². The first-order chi connectivity index (χ1) is 12.2. The monoisotopic (exact) mass is 372 g/mol. The Kier molecular flexibility index (Phi) is 3.38. The maximum atomic E-state index is 13.2. The van der Waals surface area contributed by atoms with E-state index in [1.165, 1.54) is 11.3 Å². The normalized spacial score (nSPS) is 29.4. The Labute approximate surface area is 154 Å². The number of hydrogen-bond donors (Lipinski definition) is 1. The molecule has 2 aliphatic carbocycles. The highest BCUT2D eigenvalue weighted by atomic mass is 32.1. The molecule has 0 unspecified atom stereocenters. The van der Waals surface area contributed by atoms with Crippen molar-refractivity contribution in [1.82, 2.24) is 4.98 Å². The number of ether oxygens (including phenoxy) is 1. The second-order valence-corrected chi connectivity index (χ2v) is 8.86. The average Bonchev–Trinajstić information content (AvgIpc) is 3.12. The third kappa shape index (κ3) is 1.81. The van der Waals surface area contributed by atoms with E-state index in [4.69, 9.17) is 4.74 Å². The number of nitrogens with one attached hydrogen (secondary N) is 1. The fraction of sp³-hybridized carbons (Fsp3) is 0.474. The molecule has 2 bridgehead atoms. The number of nitrogens with zero attached hydrogens (tertiary/aromatic N) is 1. The van der Waals surface area contributed by atoms with Gasteiger partial charge in [0.15, 0.2) is 5.13 Å². The summed E-state index contributed by atoms with van der Waals surface area (Å²) in [5.41, 5.74) is -2.10. The minimum Gasteiger partial charge on any atom is -0.497 e. The predicted octanol–water partition coefficient (Wildman–Crippen LogP) is 3.21. The van der Waals surface area contributed by atoms with Crippen molar-refractivity contribution in [3.8, 4) is 5.75 Å². The van der Waals surface area contributed by atoms with E-state index < -0.39 is 33.7 Å². The van der Waals surface area contributed by atoms with Crippen LogP contribution in [0.1, 0.15) is 33.6 Å². The molecule has 2 aromatic rings. The van der Waals surface area contributed by atoms with Gasteiger partial charge in [-0.2, -0.15) is 0 Å². The number of Topliss-reactive ketones (excluding diaryl/α,β-unsaturated/α-hetero) is 2. The lowest BCUT2D eigenvalue weighted by Crippen LogP contribution is -2.47. The van der Waals surface area contributed by atoms with E-state index in [1.807, 2.05) is 26.0 Å². The molecule has 7 heteroatoms. The second kappa shape index (κ2) is 5.13. The molecule has 1 aromatic heterocycles. The molecule has 0 spiro atoms. The first kappa shape index (κ1) is 17.1. The zero-order chi connectivity index (χ0) is 18.9. The summed E-state index contributed by atoms with van der Waals surface area (Å²) in [6.45, 7) is 5.51. The molecule has 2 atom stereocenters. The summed E-state index contributed by atoms with van der Waals surface area (Å²) in [6, 6.07) is 5.50. The third-order valence-electron chi connectivity index (χ3n) is 6.74. The van der Waals surface area contributed by atoms with Gasteiger partial charge in [-0.15, -0.1) is 0 Å². The Morgan fingerprint density at radius 2 is 1.92 bits per heavy atom. The quantitative estimate of drug-likeness (QED) is 0.660. The summed E-state index contributed by atoms with van der Waals surface area (Å²) in [7, 11) is 1.58. The molecule has 6 nitrogen and oxygen atoms in total. The molecule has 0 aliphatic heterocycles. The smallest absolute Gasteiger partial charge is 0.240 e. The van der Waals surface area contributed by atoms with Crippen molar-refractivity contribution >= 4 is 44.2 Å². The number of anilines is 1. The van der Waals surface area contributed by atoms with E-state index in [0.29, 0.717) is 29.2 Å². The number of aromatic nitrogens is 1. The maximum absolute atomic E-state index is 13.2. The van der Waals surface area contributed by atoms with Crippen molar-refractivity contribution in [1.29, 1.82) is 0 Å². The Morgan fingerprint density at radius 1 is 1.19 bits per heavy atom. The lowest BCUT2D eigenvalue weighted by Gasteiger charge is -2.36. The van der Waals surface area contributed by atoms with Crippen LogP contribution in [0.5, 0.6) is 5.75 Å². The molecule has 2 fully saturated rings. The van der Waals surface area contributed by atoms with E-state index >= 15 is 0 Å². The average molecular weight is 372 g/mol. The van der Waals surface area contributed by atoms with Crippen molar-refractivity contribution in [2.24, 2.45) is 16.2 Å². The molecule has 0 radical (unpaired) electrons. The molecule has 1 N–H and O–H groups in total. The number of thiazole rings is 1. The topological polar surface area (TPSA) is 85.4 Å². The summed E-state index contributed by atoms with van der Waals surface area (Å²) in [5, 5.41) is 3.23. The Bertz CT molecular complexity index is 979. The fourth-order valence-electron chi connectivity index (χ4n) is 4.56. The Morgan fingerprint density at radius 3 is 2.54 bits per heavy atom. The van der Waals surface area contributed by atoms with Crippen LogP contribution in [0.4, 0.5) is 5.13 Å². The zero-order valence-corrected chi connectivity index (χ0v) is 16.0. The van der Waals surface area contributed by atoms with Gasteiger partial charge in [0.05, 0.1) is 17.3 Å². The van der Waals surface area contributed by atoms with Crippen LogP contribution in [0, 0.1) is 16.2 Å². The highest BCUT2D eigenvalue weighted by Gasteiger charge is 2.77. The zero-order valence-electron chi connectivity index (χ0n) is 15.1. The van der Waals surface area contributed by atoms with Gasteiger partial charge in [0.1, 0.15) is 11.2 Å². The number of rotatable bonds is 3. The predicted molar refractivity (Wildman–Crippen MR) is 98.4 cm³/mol. The number of ketones is 2. The van der Waals surface area contributed by atoms with Gasteiger partial charge in [-0.3, -0.25) is 14.4 Å². The van der Waals surface area contributed by atoms with Crippen molar-refractivity contribution in [3.63, 3.8) is 0 Å². The number of hydrogen-bond acceptors (Lipinski definition) is 6. The first-order valence-electron chi connectivity index (χ1n) is 8.53. The summed E-state index contributed by atoms with van der Waals surface area (Å²) < 4.78 is 6.10. The number of carbonyl (C=O) groups is 3. The van der Waals surface area contributed by atoms with E-state index in [0.717, 1.165) is 4.70 Å². The summed E-state index contributed by atoms with van der Waals surface area (Å²) in [5.74, 6) is -0.717. The number of methoxy groups -OCH3 is 1. The van der Waals surface area contributed by atoms with Crippen LogP contribution >= 0.6 is 11.3 Å². The number of carbonyl (C=O) groups excluding carboxylic acids is 3. The second-order valence-electron chi connectivity index (χ2n) is 7.83. The van der Waals surface area contributed by atoms with Crippen molar-refractivity contribution < 1.29 is 19.1 Å². The Hall–Kier alpha value is -2.28. The van der Waals surface area contributed by atoms with Crippen LogP contribution in [0.25, 0.3) is 10.2 Å². The van der Waals surface area contributed by atoms with Gasteiger partial charge < -0.3 is 10.1 Å². The molecule has 1 amide bonds. The van der Waals surface area contributed by atoms with E-state index in [-0.39, 0.29) is 0 Å². The molecule has 1 heterocycles. The number of fused-ring (bicyclic) bond motifs is 3. The molecular formula is C19H20N2O4S. The molecule has 26 heavy (non-hydrogen) atoms. The SMILES string of the molecule is COc1ccc2sc(NC(=O)[C@]34CC[C@](C)(C(=O)C3=O)C4(C)C)nc2c1. The lowest BCUT2D eigenvalue weighted by atomic mass is 9.64. The van der Waals surface area contributed by atoms with Gasteiger partial charge in [-0.1, -0.05) is 32.1 Å². The van der Waals surface area contributed by atoms with Gasteiger partial charge >= 0.3 is 0 Å². The van der Waals surface area contributed by atoms with Crippen LogP contribution in [0.2, 0.25) is 0 Å². The van der Waals surface area contributed by atoms with Crippen LogP contribution in [0.3, 0.4) is 0 Å². The van der Waals surface area contributed by atoms with Gasteiger partial charge in [0.25, 0.3) is 0 Å². The van der Waals surface area contributed by atoms with Crippen molar-refractivity contribution in [3.05, 3.63) is 18.2 Å². The van der Waals surface area contributed by atoms with Crippen molar-refractivity contribution in [2.75, 3.05) is 12.4 Å².